The van der Waals surface area contributed by atoms with E-state index < -0.39 is 10.0 Å². The molecule has 2 N–H and O–H groups in total. The minimum atomic E-state index is -3.70. The molecule has 0 spiro atoms. The van der Waals surface area contributed by atoms with Crippen LogP contribution >= 0.6 is 0 Å². The van der Waals surface area contributed by atoms with E-state index in [9.17, 15) is 13.2 Å². The molecular formula is C18H20N2O4S. The number of rotatable bonds is 5. The molecule has 0 aromatic heterocycles. The number of amides is 1. The van der Waals surface area contributed by atoms with Gasteiger partial charge in [0.1, 0.15) is 5.75 Å². The second-order valence-electron chi connectivity index (χ2n) is 5.78. The average Bonchev–Trinajstić information content (AvgIpc) is 2.76. The molecule has 25 heavy (non-hydrogen) atoms. The minimum Gasteiger partial charge on any atom is -0.494 e. The number of carbonyl (C=O) groups is 1. The van der Waals surface area contributed by atoms with Crippen LogP contribution in [0.1, 0.15) is 25.3 Å². The summed E-state index contributed by atoms with van der Waals surface area (Å²) in [6.45, 7) is 2.44. The third-order valence-electron chi connectivity index (χ3n) is 3.93. The van der Waals surface area contributed by atoms with Crippen molar-refractivity contribution in [2.24, 2.45) is 0 Å². The second kappa shape index (κ2) is 7.14. The summed E-state index contributed by atoms with van der Waals surface area (Å²) in [4.78, 5) is 11.8. The standard InChI is InChI=1S/C18H20N2O4S/c1-2-24-15-8-6-14(7-9-15)20-25(22,23)16-10-11-17-13(12-16)4-3-5-18(21)19-17/h6-12,20H,2-5H2,1H3,(H,19,21). The Kier molecular flexibility index (Phi) is 4.94. The zero-order valence-electron chi connectivity index (χ0n) is 13.9. The number of anilines is 2. The van der Waals surface area contributed by atoms with Gasteiger partial charge >= 0.3 is 0 Å². The SMILES string of the molecule is CCOc1ccc(NS(=O)(=O)c2ccc3c(c2)CCCC(=O)N3)cc1. The predicted molar refractivity (Wildman–Crippen MR) is 96.4 cm³/mol. The Bertz CT molecular complexity index is 876. The third-order valence-corrected chi connectivity index (χ3v) is 5.31. The number of sulfonamides is 1. The van der Waals surface area contributed by atoms with E-state index in [4.69, 9.17) is 4.74 Å². The van der Waals surface area contributed by atoms with Crippen LogP contribution in [0.25, 0.3) is 0 Å². The normalized spacial score (nSPS) is 14.2. The second-order valence-corrected chi connectivity index (χ2v) is 7.47. The fraction of sp³-hybridized carbons (Fsp3) is 0.278. The Morgan fingerprint density at radius 2 is 1.88 bits per heavy atom. The van der Waals surface area contributed by atoms with Crippen molar-refractivity contribution in [3.8, 4) is 5.75 Å². The summed E-state index contributed by atoms with van der Waals surface area (Å²) in [5.41, 5.74) is 1.98. The van der Waals surface area contributed by atoms with E-state index in [2.05, 4.69) is 10.0 Å². The zero-order chi connectivity index (χ0) is 17.9. The molecule has 132 valence electrons. The number of fused-ring (bicyclic) bond motifs is 1. The summed E-state index contributed by atoms with van der Waals surface area (Å²) in [6.07, 6.45) is 1.82. The Balaban J connectivity index is 1.82. The Hall–Kier alpha value is -2.54. The van der Waals surface area contributed by atoms with Crippen LogP contribution in [0.2, 0.25) is 0 Å². The molecule has 0 fully saturated rings. The van der Waals surface area contributed by atoms with Gasteiger partial charge in [-0.1, -0.05) is 0 Å². The van der Waals surface area contributed by atoms with Crippen LogP contribution in [0.5, 0.6) is 5.75 Å². The van der Waals surface area contributed by atoms with Crippen molar-refractivity contribution < 1.29 is 17.9 Å². The molecule has 3 rings (SSSR count). The third kappa shape index (κ3) is 4.11. The van der Waals surface area contributed by atoms with E-state index in [0.29, 0.717) is 43.0 Å². The molecule has 0 saturated heterocycles. The molecule has 0 bridgehead atoms. The van der Waals surface area contributed by atoms with Gasteiger partial charge in [-0.3, -0.25) is 9.52 Å². The molecule has 6 nitrogen and oxygen atoms in total. The van der Waals surface area contributed by atoms with Gasteiger partial charge < -0.3 is 10.1 Å². The fourth-order valence-corrected chi connectivity index (χ4v) is 3.83. The van der Waals surface area contributed by atoms with E-state index in [1.165, 1.54) is 6.07 Å². The van der Waals surface area contributed by atoms with E-state index >= 15 is 0 Å². The maximum Gasteiger partial charge on any atom is 0.261 e. The lowest BCUT2D eigenvalue weighted by Crippen LogP contribution is -2.14. The monoisotopic (exact) mass is 360 g/mol. The van der Waals surface area contributed by atoms with Crippen molar-refractivity contribution >= 4 is 27.3 Å². The first-order valence-electron chi connectivity index (χ1n) is 8.16. The van der Waals surface area contributed by atoms with Gasteiger partial charge in [-0.25, -0.2) is 8.42 Å². The molecule has 1 aliphatic heterocycles. The highest BCUT2D eigenvalue weighted by Crippen LogP contribution is 2.26. The highest BCUT2D eigenvalue weighted by atomic mass is 32.2. The summed E-state index contributed by atoms with van der Waals surface area (Å²) in [7, 11) is -3.70. The number of hydrogen-bond acceptors (Lipinski definition) is 4. The van der Waals surface area contributed by atoms with Crippen LogP contribution in [0.4, 0.5) is 11.4 Å². The smallest absolute Gasteiger partial charge is 0.261 e. The Labute approximate surface area is 147 Å². The average molecular weight is 360 g/mol. The van der Waals surface area contributed by atoms with Crippen molar-refractivity contribution in [3.05, 3.63) is 48.0 Å². The first kappa shape index (κ1) is 17.3. The summed E-state index contributed by atoms with van der Waals surface area (Å²) >= 11 is 0. The molecule has 7 heteroatoms. The number of nitrogens with one attached hydrogen (secondary N) is 2. The molecule has 2 aromatic rings. The van der Waals surface area contributed by atoms with Gasteiger partial charge in [0.05, 0.1) is 11.5 Å². The molecule has 1 amide bonds. The van der Waals surface area contributed by atoms with E-state index in [-0.39, 0.29) is 10.8 Å². The lowest BCUT2D eigenvalue weighted by molar-refractivity contribution is -0.116. The zero-order valence-corrected chi connectivity index (χ0v) is 14.7. The van der Waals surface area contributed by atoms with E-state index in [1.54, 1.807) is 36.4 Å². The van der Waals surface area contributed by atoms with Gasteiger partial charge in [0.25, 0.3) is 10.0 Å². The summed E-state index contributed by atoms with van der Waals surface area (Å²) in [5, 5.41) is 2.80. The number of carbonyl (C=O) groups excluding carboxylic acids is 1. The van der Waals surface area contributed by atoms with Gasteiger partial charge in [-0.15, -0.1) is 0 Å². The largest absolute Gasteiger partial charge is 0.494 e. The van der Waals surface area contributed by atoms with Gasteiger partial charge in [0.15, 0.2) is 0 Å². The first-order valence-corrected chi connectivity index (χ1v) is 9.65. The quantitative estimate of drug-likeness (QED) is 0.858. The Morgan fingerprint density at radius 1 is 1.12 bits per heavy atom. The Morgan fingerprint density at radius 3 is 2.60 bits per heavy atom. The van der Waals surface area contributed by atoms with E-state index in [0.717, 1.165) is 5.56 Å². The fourth-order valence-electron chi connectivity index (χ4n) is 2.72. The van der Waals surface area contributed by atoms with Crippen LogP contribution in [0.15, 0.2) is 47.4 Å². The van der Waals surface area contributed by atoms with Crippen LogP contribution in [-0.2, 0) is 21.2 Å². The number of benzene rings is 2. The maximum absolute atomic E-state index is 12.6. The molecule has 1 heterocycles. The molecule has 1 aliphatic rings. The number of aryl methyl sites for hydroxylation is 1. The minimum absolute atomic E-state index is 0.0399. The van der Waals surface area contributed by atoms with Crippen molar-refractivity contribution in [3.63, 3.8) is 0 Å². The van der Waals surface area contributed by atoms with Crippen molar-refractivity contribution in [2.75, 3.05) is 16.6 Å². The molecule has 0 radical (unpaired) electrons. The van der Waals surface area contributed by atoms with Crippen LogP contribution in [0.3, 0.4) is 0 Å². The summed E-state index contributed by atoms with van der Waals surface area (Å²) in [5.74, 6) is 0.646. The molecule has 0 aliphatic carbocycles. The summed E-state index contributed by atoms with van der Waals surface area (Å²) in [6, 6.07) is 11.5. The van der Waals surface area contributed by atoms with Crippen molar-refractivity contribution in [2.45, 2.75) is 31.1 Å². The summed E-state index contributed by atoms with van der Waals surface area (Å²) < 4.78 is 33.1. The van der Waals surface area contributed by atoms with Gasteiger partial charge in [-0.05, 0) is 67.8 Å². The first-order chi connectivity index (χ1) is 12.0. The molecule has 0 saturated carbocycles. The van der Waals surface area contributed by atoms with Crippen LogP contribution < -0.4 is 14.8 Å². The number of hydrogen-bond donors (Lipinski definition) is 2. The van der Waals surface area contributed by atoms with Crippen LogP contribution in [-0.4, -0.2) is 20.9 Å². The molecule has 0 unspecified atom stereocenters. The van der Waals surface area contributed by atoms with Crippen molar-refractivity contribution in [1.82, 2.24) is 0 Å². The highest BCUT2D eigenvalue weighted by molar-refractivity contribution is 7.92. The van der Waals surface area contributed by atoms with E-state index in [1.807, 2.05) is 6.92 Å². The van der Waals surface area contributed by atoms with Crippen molar-refractivity contribution in [1.29, 1.82) is 0 Å². The van der Waals surface area contributed by atoms with Crippen LogP contribution in [0, 0.1) is 0 Å². The predicted octanol–water partition coefficient (Wildman–Crippen LogP) is 3.16. The lowest BCUT2D eigenvalue weighted by Gasteiger charge is -2.12. The lowest BCUT2D eigenvalue weighted by atomic mass is 10.1. The maximum atomic E-state index is 12.6. The van der Waals surface area contributed by atoms with Gasteiger partial charge in [-0.2, -0.15) is 0 Å². The van der Waals surface area contributed by atoms with Gasteiger partial charge in [0, 0.05) is 17.8 Å². The topological polar surface area (TPSA) is 84.5 Å². The number of ether oxygens (including phenoxy) is 1. The molecule has 2 aromatic carbocycles. The highest BCUT2D eigenvalue weighted by Gasteiger charge is 2.19. The van der Waals surface area contributed by atoms with Gasteiger partial charge in [0.2, 0.25) is 5.91 Å². The molecule has 0 atom stereocenters. The molecular weight excluding hydrogens is 340 g/mol.